The minimum atomic E-state index is -0.130. The van der Waals surface area contributed by atoms with Crippen molar-refractivity contribution in [3.63, 3.8) is 0 Å². The lowest BCUT2D eigenvalue weighted by molar-refractivity contribution is 0.0889. The Hall–Kier alpha value is -2.82. The fraction of sp³-hybridized carbons (Fsp3) is 0.435. The Balaban J connectivity index is 1.25. The molecular weight excluding hydrogens is 414 g/mol. The van der Waals surface area contributed by atoms with Crippen molar-refractivity contribution in [2.75, 3.05) is 31.1 Å². The molecule has 0 atom stereocenters. The Labute approximate surface area is 187 Å². The van der Waals surface area contributed by atoms with Crippen molar-refractivity contribution in [3.05, 3.63) is 52.8 Å². The van der Waals surface area contributed by atoms with Gasteiger partial charge in [-0.15, -0.1) is 0 Å². The predicted octanol–water partition coefficient (Wildman–Crippen LogP) is 3.14. The molecule has 8 heteroatoms. The fourth-order valence-electron chi connectivity index (χ4n) is 4.07. The van der Waals surface area contributed by atoms with Crippen LogP contribution in [0.15, 0.2) is 36.5 Å². The van der Waals surface area contributed by atoms with Gasteiger partial charge in [-0.1, -0.05) is 11.6 Å². The van der Waals surface area contributed by atoms with Gasteiger partial charge in [0.1, 0.15) is 17.5 Å². The number of nitrogens with zero attached hydrogens (tertiary/aromatic N) is 3. The summed E-state index contributed by atoms with van der Waals surface area (Å²) < 4.78 is 6.02. The van der Waals surface area contributed by atoms with E-state index in [-0.39, 0.29) is 18.1 Å². The molecule has 2 aliphatic rings. The molecule has 2 heterocycles. The summed E-state index contributed by atoms with van der Waals surface area (Å²) in [6.07, 6.45) is 5.25. The zero-order valence-electron chi connectivity index (χ0n) is 17.3. The second-order valence-electron chi connectivity index (χ2n) is 7.96. The van der Waals surface area contributed by atoms with Gasteiger partial charge in [0.15, 0.2) is 0 Å². The summed E-state index contributed by atoms with van der Waals surface area (Å²) in [6, 6.07) is 11.1. The molecule has 7 nitrogen and oxygen atoms in total. The Morgan fingerprint density at radius 1 is 1.19 bits per heavy atom. The summed E-state index contributed by atoms with van der Waals surface area (Å²) in [5, 5.41) is 15.8. The van der Waals surface area contributed by atoms with Crippen molar-refractivity contribution in [2.24, 2.45) is 0 Å². The monoisotopic (exact) mass is 439 g/mol. The number of piperazine rings is 1. The number of hydrogen-bond acceptors (Lipinski definition) is 6. The highest BCUT2D eigenvalue weighted by Crippen LogP contribution is 2.27. The minimum absolute atomic E-state index is 0.0774. The molecule has 1 saturated carbocycles. The number of carbonyl (C=O) groups excluding carboxylic acids is 1. The number of ether oxygens (including phenoxy) is 1. The average Bonchev–Trinajstić information content (AvgIpc) is 2.81. The maximum Gasteiger partial charge on any atom is 0.270 e. The van der Waals surface area contributed by atoms with E-state index in [1.807, 2.05) is 12.1 Å². The van der Waals surface area contributed by atoms with Crippen LogP contribution in [0.1, 0.15) is 41.7 Å². The number of benzene rings is 1. The molecule has 1 aromatic heterocycles. The molecule has 2 aromatic rings. The quantitative estimate of drug-likeness (QED) is 0.743. The Kier molecular flexibility index (Phi) is 6.90. The molecule has 31 heavy (non-hydrogen) atoms. The van der Waals surface area contributed by atoms with Crippen LogP contribution in [0.5, 0.6) is 5.75 Å². The first kappa shape index (κ1) is 21.4. The van der Waals surface area contributed by atoms with E-state index in [4.69, 9.17) is 21.6 Å². The highest BCUT2D eigenvalue weighted by molar-refractivity contribution is 6.31. The predicted molar refractivity (Wildman–Crippen MR) is 120 cm³/mol. The Bertz CT molecular complexity index is 945. The minimum Gasteiger partial charge on any atom is -0.490 e. The van der Waals surface area contributed by atoms with E-state index in [9.17, 15) is 4.79 Å². The molecule has 162 valence electrons. The van der Waals surface area contributed by atoms with Gasteiger partial charge in [-0.05, 0) is 49.9 Å². The standard InChI is InChI=1S/C23H26ClN5O2/c24-21-13-20(5-1-16(21)14-25)31-19-6-2-17(3-7-19)28-23(30)22-8-4-18(15-27-22)29-11-9-26-10-12-29/h1,4-5,8,13,15,17,19,26H,2-3,6-7,9-12H2,(H,28,30). The molecule has 0 bridgehead atoms. The van der Waals surface area contributed by atoms with Crippen molar-refractivity contribution in [1.29, 1.82) is 5.26 Å². The molecule has 4 rings (SSSR count). The topological polar surface area (TPSA) is 90.3 Å². The number of halogens is 1. The number of amides is 1. The molecule has 1 aliphatic heterocycles. The highest BCUT2D eigenvalue weighted by atomic mass is 35.5. The first-order valence-corrected chi connectivity index (χ1v) is 11.1. The van der Waals surface area contributed by atoms with Crippen LogP contribution in [0.25, 0.3) is 0 Å². The normalized spacial score (nSPS) is 21.2. The molecule has 1 saturated heterocycles. The second kappa shape index (κ2) is 9.99. The van der Waals surface area contributed by atoms with Crippen LogP contribution in [0.2, 0.25) is 5.02 Å². The average molecular weight is 440 g/mol. The third kappa shape index (κ3) is 5.46. The van der Waals surface area contributed by atoms with Crippen molar-refractivity contribution in [1.82, 2.24) is 15.6 Å². The van der Waals surface area contributed by atoms with Crippen molar-refractivity contribution in [3.8, 4) is 11.8 Å². The molecule has 1 aliphatic carbocycles. The molecule has 0 radical (unpaired) electrons. The summed E-state index contributed by atoms with van der Waals surface area (Å²) in [5.74, 6) is 0.542. The zero-order valence-corrected chi connectivity index (χ0v) is 18.1. The summed E-state index contributed by atoms with van der Waals surface area (Å²) in [5.41, 5.74) is 1.94. The van der Waals surface area contributed by atoms with Gasteiger partial charge >= 0.3 is 0 Å². The summed E-state index contributed by atoms with van der Waals surface area (Å²) >= 11 is 6.08. The van der Waals surface area contributed by atoms with E-state index in [1.54, 1.807) is 30.5 Å². The summed E-state index contributed by atoms with van der Waals surface area (Å²) in [4.78, 5) is 19.3. The van der Waals surface area contributed by atoms with Crippen molar-refractivity contribution >= 4 is 23.2 Å². The van der Waals surface area contributed by atoms with E-state index < -0.39 is 0 Å². The lowest BCUT2D eigenvalue weighted by Crippen LogP contribution is -2.43. The van der Waals surface area contributed by atoms with E-state index >= 15 is 0 Å². The van der Waals surface area contributed by atoms with Crippen molar-refractivity contribution in [2.45, 2.75) is 37.8 Å². The van der Waals surface area contributed by atoms with E-state index in [0.717, 1.165) is 57.5 Å². The van der Waals surface area contributed by atoms with Gasteiger partial charge in [-0.2, -0.15) is 5.26 Å². The van der Waals surface area contributed by atoms with Gasteiger partial charge in [0.05, 0.1) is 28.6 Å². The molecule has 2 N–H and O–H groups in total. The van der Waals surface area contributed by atoms with Crippen LogP contribution in [0.3, 0.4) is 0 Å². The molecule has 1 aromatic carbocycles. The van der Waals surface area contributed by atoms with Crippen LogP contribution in [0, 0.1) is 11.3 Å². The van der Waals surface area contributed by atoms with Gasteiger partial charge in [-0.25, -0.2) is 4.98 Å². The largest absolute Gasteiger partial charge is 0.490 e. The maximum atomic E-state index is 12.6. The maximum absolute atomic E-state index is 12.6. The van der Waals surface area contributed by atoms with Gasteiger partial charge < -0.3 is 20.3 Å². The Morgan fingerprint density at radius 2 is 1.97 bits per heavy atom. The van der Waals surface area contributed by atoms with E-state index in [0.29, 0.717) is 22.0 Å². The summed E-state index contributed by atoms with van der Waals surface area (Å²) in [7, 11) is 0. The third-order valence-electron chi connectivity index (χ3n) is 5.84. The Morgan fingerprint density at radius 3 is 2.61 bits per heavy atom. The zero-order chi connectivity index (χ0) is 21.6. The van der Waals surface area contributed by atoms with Crippen LogP contribution in [-0.2, 0) is 0 Å². The van der Waals surface area contributed by atoms with Gasteiger partial charge in [0.25, 0.3) is 5.91 Å². The first-order valence-electron chi connectivity index (χ1n) is 10.7. The molecule has 1 amide bonds. The lowest BCUT2D eigenvalue weighted by Gasteiger charge is -2.30. The fourth-order valence-corrected chi connectivity index (χ4v) is 4.28. The lowest BCUT2D eigenvalue weighted by atomic mass is 9.92. The SMILES string of the molecule is N#Cc1ccc(OC2CCC(NC(=O)c3ccc(N4CCNCC4)cn3)CC2)cc1Cl. The smallest absolute Gasteiger partial charge is 0.270 e. The summed E-state index contributed by atoms with van der Waals surface area (Å²) in [6.45, 7) is 3.83. The number of nitriles is 1. The van der Waals surface area contributed by atoms with Crippen LogP contribution < -0.4 is 20.3 Å². The number of aromatic nitrogens is 1. The van der Waals surface area contributed by atoms with Gasteiger partial charge in [0, 0.05) is 38.3 Å². The number of rotatable bonds is 5. The molecular formula is C23H26ClN5O2. The van der Waals surface area contributed by atoms with Gasteiger partial charge in [-0.3, -0.25) is 4.79 Å². The number of hydrogen-bond donors (Lipinski definition) is 2. The number of pyridine rings is 1. The number of anilines is 1. The van der Waals surface area contributed by atoms with Crippen LogP contribution in [0.4, 0.5) is 5.69 Å². The van der Waals surface area contributed by atoms with Crippen LogP contribution in [-0.4, -0.2) is 49.2 Å². The first-order chi connectivity index (χ1) is 15.1. The van der Waals surface area contributed by atoms with Gasteiger partial charge in [0.2, 0.25) is 0 Å². The van der Waals surface area contributed by atoms with Crippen LogP contribution >= 0.6 is 11.6 Å². The number of carbonyl (C=O) groups is 1. The van der Waals surface area contributed by atoms with E-state index in [2.05, 4.69) is 20.5 Å². The number of nitrogens with one attached hydrogen (secondary N) is 2. The highest BCUT2D eigenvalue weighted by Gasteiger charge is 2.24. The molecule has 0 unspecified atom stereocenters. The molecule has 2 fully saturated rings. The van der Waals surface area contributed by atoms with E-state index in [1.165, 1.54) is 0 Å². The third-order valence-corrected chi connectivity index (χ3v) is 6.15. The molecule has 0 spiro atoms. The second-order valence-corrected chi connectivity index (χ2v) is 8.36. The van der Waals surface area contributed by atoms with Crippen molar-refractivity contribution < 1.29 is 9.53 Å².